The summed E-state index contributed by atoms with van der Waals surface area (Å²) in [5.41, 5.74) is 1.08. The van der Waals surface area contributed by atoms with E-state index in [1.807, 2.05) is 20.8 Å². The Hall–Kier alpha value is -1.95. The predicted octanol–water partition coefficient (Wildman–Crippen LogP) is 2.84. The van der Waals surface area contributed by atoms with Gasteiger partial charge in [0.15, 0.2) is 11.5 Å². The summed E-state index contributed by atoms with van der Waals surface area (Å²) in [5, 5.41) is 4.11. The highest BCUT2D eigenvalue weighted by atomic mass is 32.1. The maximum Gasteiger partial charge on any atom is 0.206 e. The van der Waals surface area contributed by atoms with E-state index in [2.05, 4.69) is 9.59 Å². The average molecular weight is 304 g/mol. The Labute approximate surface area is 127 Å². The van der Waals surface area contributed by atoms with Gasteiger partial charge in [0, 0.05) is 11.0 Å². The van der Waals surface area contributed by atoms with Gasteiger partial charge in [-0.25, -0.2) is 0 Å². The van der Waals surface area contributed by atoms with E-state index < -0.39 is 0 Å². The molecule has 0 saturated heterocycles. The summed E-state index contributed by atoms with van der Waals surface area (Å²) in [6.45, 7) is 7.09. The molecule has 0 N–H and O–H groups in total. The number of hydrogen-bond donors (Lipinski definition) is 0. The monoisotopic (exact) mass is 304 g/mol. The van der Waals surface area contributed by atoms with Gasteiger partial charge in [-0.1, -0.05) is 25.3 Å². The zero-order valence-electron chi connectivity index (χ0n) is 12.2. The number of nitrogens with zero attached hydrogens (tertiary/aromatic N) is 2. The van der Waals surface area contributed by atoms with Crippen molar-refractivity contribution in [2.45, 2.75) is 26.2 Å². The Bertz CT molecular complexity index is 688. The molecular formula is C15H16N2O3S. The van der Waals surface area contributed by atoms with E-state index in [4.69, 9.17) is 9.47 Å². The summed E-state index contributed by atoms with van der Waals surface area (Å²) in [6, 6.07) is 5.25. The number of ketones is 1. The third-order valence-electron chi connectivity index (χ3n) is 3.21. The number of rotatable bonds is 2. The molecule has 0 atom stereocenters. The Kier molecular flexibility index (Phi) is 3.41. The lowest BCUT2D eigenvalue weighted by Crippen LogP contribution is -2.18. The summed E-state index contributed by atoms with van der Waals surface area (Å²) in [5.74, 6) is 1.21. The Morgan fingerprint density at radius 2 is 1.90 bits per heavy atom. The summed E-state index contributed by atoms with van der Waals surface area (Å²) in [4.78, 5) is 13.3. The van der Waals surface area contributed by atoms with E-state index in [1.165, 1.54) is 0 Å². The highest BCUT2D eigenvalue weighted by Gasteiger charge is 2.27. The van der Waals surface area contributed by atoms with Crippen LogP contribution < -0.4 is 9.47 Å². The average Bonchev–Trinajstić information content (AvgIpc) is 2.95. The minimum Gasteiger partial charge on any atom is -0.486 e. The van der Waals surface area contributed by atoms with Crippen LogP contribution in [0.15, 0.2) is 18.2 Å². The van der Waals surface area contributed by atoms with Crippen LogP contribution >= 0.6 is 11.5 Å². The van der Waals surface area contributed by atoms with Gasteiger partial charge in [-0.15, -0.1) is 5.10 Å². The fourth-order valence-corrected chi connectivity index (χ4v) is 2.98. The van der Waals surface area contributed by atoms with Crippen molar-refractivity contribution in [3.8, 4) is 11.5 Å². The molecule has 1 aliphatic heterocycles. The summed E-state index contributed by atoms with van der Waals surface area (Å²) >= 11 is 1.13. The second kappa shape index (κ2) is 5.11. The molecule has 1 aromatic heterocycles. The number of hydrogen-bond acceptors (Lipinski definition) is 6. The van der Waals surface area contributed by atoms with Gasteiger partial charge in [0.05, 0.1) is 5.69 Å². The molecule has 6 heteroatoms. The minimum atomic E-state index is -0.216. The third-order valence-corrected chi connectivity index (χ3v) is 3.93. The molecule has 2 aromatic rings. The lowest BCUT2D eigenvalue weighted by Gasteiger charge is -2.19. The summed E-state index contributed by atoms with van der Waals surface area (Å²) in [6.07, 6.45) is 0. The molecule has 0 saturated carbocycles. The Balaban J connectivity index is 1.98. The maximum atomic E-state index is 12.7. The third kappa shape index (κ3) is 2.63. The van der Waals surface area contributed by atoms with Crippen molar-refractivity contribution in [1.29, 1.82) is 0 Å². The van der Waals surface area contributed by atoms with E-state index in [-0.39, 0.29) is 11.2 Å². The standard InChI is InChI=1S/C15H16N2O3S/c1-15(2,3)14-13(21-17-16-14)12(18)9-4-5-10-11(8-9)20-7-6-19-10/h4-5,8H,6-7H2,1-3H3. The van der Waals surface area contributed by atoms with Crippen LogP contribution in [0.25, 0.3) is 0 Å². The van der Waals surface area contributed by atoms with Crippen molar-refractivity contribution in [2.24, 2.45) is 0 Å². The van der Waals surface area contributed by atoms with Crippen molar-refractivity contribution in [1.82, 2.24) is 9.59 Å². The first-order chi connectivity index (χ1) is 9.97. The first-order valence-electron chi connectivity index (χ1n) is 6.74. The van der Waals surface area contributed by atoms with Crippen molar-refractivity contribution in [2.75, 3.05) is 13.2 Å². The summed E-state index contributed by atoms with van der Waals surface area (Å²) < 4.78 is 14.9. The van der Waals surface area contributed by atoms with Crippen LogP contribution in [0, 0.1) is 0 Å². The van der Waals surface area contributed by atoms with Gasteiger partial charge in [0.25, 0.3) is 0 Å². The smallest absolute Gasteiger partial charge is 0.206 e. The number of benzene rings is 1. The molecule has 0 fully saturated rings. The number of fused-ring (bicyclic) bond motifs is 1. The fourth-order valence-electron chi connectivity index (χ4n) is 2.15. The number of ether oxygens (including phenoxy) is 2. The van der Waals surface area contributed by atoms with Crippen LogP contribution in [0.3, 0.4) is 0 Å². The molecule has 0 amide bonds. The SMILES string of the molecule is CC(C)(C)c1nnsc1C(=O)c1ccc2c(c1)OCCO2. The van der Waals surface area contributed by atoms with E-state index in [9.17, 15) is 4.79 Å². The minimum absolute atomic E-state index is 0.0769. The molecule has 21 heavy (non-hydrogen) atoms. The van der Waals surface area contributed by atoms with Crippen molar-refractivity contribution < 1.29 is 14.3 Å². The van der Waals surface area contributed by atoms with Crippen LogP contribution in [0.5, 0.6) is 11.5 Å². The molecule has 110 valence electrons. The molecule has 5 nitrogen and oxygen atoms in total. The predicted molar refractivity (Wildman–Crippen MR) is 79.5 cm³/mol. The number of aromatic nitrogens is 2. The highest BCUT2D eigenvalue weighted by Crippen LogP contribution is 2.33. The molecule has 0 spiro atoms. The van der Waals surface area contributed by atoms with Gasteiger partial charge < -0.3 is 9.47 Å². The van der Waals surface area contributed by atoms with E-state index >= 15 is 0 Å². The van der Waals surface area contributed by atoms with Gasteiger partial charge in [-0.2, -0.15) is 0 Å². The molecule has 1 aromatic carbocycles. The van der Waals surface area contributed by atoms with Gasteiger partial charge in [-0.3, -0.25) is 4.79 Å². The Morgan fingerprint density at radius 1 is 1.19 bits per heavy atom. The first-order valence-corrected chi connectivity index (χ1v) is 7.51. The molecule has 3 rings (SSSR count). The largest absolute Gasteiger partial charge is 0.486 e. The molecule has 0 radical (unpaired) electrons. The lowest BCUT2D eigenvalue weighted by molar-refractivity contribution is 0.103. The van der Waals surface area contributed by atoms with E-state index in [1.54, 1.807) is 18.2 Å². The number of carbonyl (C=O) groups is 1. The quantitative estimate of drug-likeness (QED) is 0.798. The molecular weight excluding hydrogens is 288 g/mol. The van der Waals surface area contributed by atoms with Crippen molar-refractivity contribution in [3.05, 3.63) is 34.3 Å². The Morgan fingerprint density at radius 3 is 2.62 bits per heavy atom. The normalized spacial score (nSPS) is 14.0. The van der Waals surface area contributed by atoms with E-state index in [0.29, 0.717) is 35.2 Å². The van der Waals surface area contributed by atoms with Crippen molar-refractivity contribution >= 4 is 17.3 Å². The summed E-state index contributed by atoms with van der Waals surface area (Å²) in [7, 11) is 0. The van der Waals surface area contributed by atoms with Gasteiger partial charge in [0.1, 0.15) is 18.1 Å². The zero-order valence-corrected chi connectivity index (χ0v) is 13.0. The van der Waals surface area contributed by atoms with Crippen LogP contribution in [-0.4, -0.2) is 28.6 Å². The van der Waals surface area contributed by atoms with Gasteiger partial charge in [0.2, 0.25) is 5.78 Å². The maximum absolute atomic E-state index is 12.7. The molecule has 1 aliphatic rings. The lowest BCUT2D eigenvalue weighted by atomic mass is 9.90. The fraction of sp³-hybridized carbons (Fsp3) is 0.400. The molecule has 0 unspecified atom stereocenters. The number of carbonyl (C=O) groups excluding carboxylic acids is 1. The molecule has 2 heterocycles. The second-order valence-electron chi connectivity index (χ2n) is 5.89. The molecule has 0 aliphatic carbocycles. The highest BCUT2D eigenvalue weighted by molar-refractivity contribution is 7.08. The van der Waals surface area contributed by atoms with Gasteiger partial charge >= 0.3 is 0 Å². The van der Waals surface area contributed by atoms with Crippen LogP contribution in [0.4, 0.5) is 0 Å². The first kappa shape index (κ1) is 14.0. The van der Waals surface area contributed by atoms with Crippen LogP contribution in [-0.2, 0) is 5.41 Å². The van der Waals surface area contributed by atoms with Crippen molar-refractivity contribution in [3.63, 3.8) is 0 Å². The molecule has 0 bridgehead atoms. The second-order valence-corrected chi connectivity index (χ2v) is 6.64. The van der Waals surface area contributed by atoms with Crippen LogP contribution in [0.2, 0.25) is 0 Å². The topological polar surface area (TPSA) is 61.3 Å². The van der Waals surface area contributed by atoms with Crippen LogP contribution in [0.1, 0.15) is 41.7 Å². The zero-order chi connectivity index (χ0) is 15.0. The van der Waals surface area contributed by atoms with E-state index in [0.717, 1.165) is 17.2 Å². The van der Waals surface area contributed by atoms with Gasteiger partial charge in [-0.05, 0) is 29.7 Å².